The van der Waals surface area contributed by atoms with Gasteiger partial charge in [-0.25, -0.2) is 0 Å². The minimum Gasteiger partial charge on any atom is -0.339 e. The number of amides is 1. The molecule has 2 aromatic rings. The molecule has 7 heteroatoms. The van der Waals surface area contributed by atoms with Crippen LogP contribution in [0.5, 0.6) is 0 Å². The van der Waals surface area contributed by atoms with Crippen LogP contribution in [0.2, 0.25) is 0 Å². The van der Waals surface area contributed by atoms with Gasteiger partial charge in [0.25, 0.3) is 0 Å². The van der Waals surface area contributed by atoms with Crippen molar-refractivity contribution in [3.63, 3.8) is 0 Å². The maximum Gasteiger partial charge on any atom is 0.250 e. The first kappa shape index (κ1) is 17.7. The van der Waals surface area contributed by atoms with Gasteiger partial charge in [0, 0.05) is 37.6 Å². The van der Waals surface area contributed by atoms with Crippen LogP contribution in [0, 0.1) is 13.8 Å². The number of carbonyl (C=O) groups excluding carboxylic acids is 1. The average molecular weight is 382 g/mol. The Morgan fingerprint density at radius 2 is 2.04 bits per heavy atom. The fourth-order valence-corrected chi connectivity index (χ4v) is 3.04. The quantitative estimate of drug-likeness (QED) is 0.799. The van der Waals surface area contributed by atoms with Gasteiger partial charge in [0.1, 0.15) is 5.54 Å². The number of rotatable bonds is 5. The first-order valence-corrected chi connectivity index (χ1v) is 8.46. The molecule has 0 bridgehead atoms. The number of aromatic nitrogens is 4. The summed E-state index contributed by atoms with van der Waals surface area (Å²) in [5.41, 5.74) is 2.46. The molecule has 0 fully saturated rings. The number of carbonyl (C=O) groups is 1. The van der Waals surface area contributed by atoms with Crippen molar-refractivity contribution in [2.75, 3.05) is 7.05 Å². The van der Waals surface area contributed by atoms with Crippen LogP contribution in [0.3, 0.4) is 0 Å². The molecule has 0 unspecified atom stereocenters. The molecule has 0 aliphatic heterocycles. The van der Waals surface area contributed by atoms with E-state index in [1.54, 1.807) is 15.8 Å². The summed E-state index contributed by atoms with van der Waals surface area (Å²) in [6.45, 7) is 11.2. The van der Waals surface area contributed by atoms with E-state index in [4.69, 9.17) is 0 Å². The van der Waals surface area contributed by atoms with E-state index >= 15 is 0 Å². The molecular formula is C16H24BrN5O. The van der Waals surface area contributed by atoms with E-state index < -0.39 is 5.54 Å². The SMILES string of the molecule is CCn1nc(C)c(CN(C)C(=O)C(C)(C)n2cc(Br)cn2)c1C. The number of likely N-dealkylation sites (N-methyl/N-ethyl adjacent to an activating group) is 1. The number of aryl methyl sites for hydroxylation is 2. The van der Waals surface area contributed by atoms with E-state index in [1.165, 1.54) is 0 Å². The molecule has 0 aliphatic rings. The molecule has 2 rings (SSSR count). The monoisotopic (exact) mass is 381 g/mol. The predicted molar refractivity (Wildman–Crippen MR) is 93.1 cm³/mol. The van der Waals surface area contributed by atoms with E-state index in [1.807, 2.05) is 45.6 Å². The molecule has 0 saturated heterocycles. The Kier molecular flexibility index (Phi) is 4.98. The minimum absolute atomic E-state index is 0.0103. The highest BCUT2D eigenvalue weighted by Crippen LogP contribution is 2.22. The Morgan fingerprint density at radius 3 is 2.52 bits per heavy atom. The van der Waals surface area contributed by atoms with Crippen molar-refractivity contribution in [2.45, 2.75) is 53.2 Å². The molecule has 23 heavy (non-hydrogen) atoms. The van der Waals surface area contributed by atoms with Crippen LogP contribution in [-0.2, 0) is 23.4 Å². The van der Waals surface area contributed by atoms with Crippen molar-refractivity contribution in [1.29, 1.82) is 0 Å². The van der Waals surface area contributed by atoms with Crippen LogP contribution in [0.15, 0.2) is 16.9 Å². The molecule has 126 valence electrons. The molecule has 0 radical (unpaired) electrons. The minimum atomic E-state index is -0.747. The second kappa shape index (κ2) is 6.47. The molecule has 0 aromatic carbocycles. The van der Waals surface area contributed by atoms with Gasteiger partial charge in [-0.1, -0.05) is 0 Å². The molecule has 6 nitrogen and oxygen atoms in total. The molecule has 2 aromatic heterocycles. The van der Waals surface area contributed by atoms with Crippen molar-refractivity contribution in [1.82, 2.24) is 24.5 Å². The van der Waals surface area contributed by atoms with E-state index in [9.17, 15) is 4.79 Å². The average Bonchev–Trinajstić information content (AvgIpc) is 3.05. The van der Waals surface area contributed by atoms with Gasteiger partial charge in [-0.15, -0.1) is 0 Å². The summed E-state index contributed by atoms with van der Waals surface area (Å²) in [6.07, 6.45) is 3.51. The normalized spacial score (nSPS) is 11.8. The standard InChI is InChI=1S/C16H24BrN5O/c1-7-21-12(3)14(11(2)19-21)10-20(6)15(23)16(4,5)22-9-13(17)8-18-22/h8-9H,7,10H2,1-6H3. The molecule has 0 aliphatic carbocycles. The van der Waals surface area contributed by atoms with Gasteiger partial charge >= 0.3 is 0 Å². The molecule has 0 saturated carbocycles. The summed E-state index contributed by atoms with van der Waals surface area (Å²) in [4.78, 5) is 14.6. The second-order valence-corrected chi connectivity index (χ2v) is 7.20. The molecule has 1 amide bonds. The van der Waals surface area contributed by atoms with E-state index in [-0.39, 0.29) is 5.91 Å². The van der Waals surface area contributed by atoms with Gasteiger partial charge < -0.3 is 4.90 Å². The zero-order chi connectivity index (χ0) is 17.4. The van der Waals surface area contributed by atoms with Gasteiger partial charge in [0.15, 0.2) is 0 Å². The fourth-order valence-electron chi connectivity index (χ4n) is 2.75. The third kappa shape index (κ3) is 3.34. The number of hydrogen-bond donors (Lipinski definition) is 0. The highest BCUT2D eigenvalue weighted by molar-refractivity contribution is 9.10. The van der Waals surface area contributed by atoms with Crippen molar-refractivity contribution in [3.8, 4) is 0 Å². The predicted octanol–water partition coefficient (Wildman–Crippen LogP) is 2.87. The summed E-state index contributed by atoms with van der Waals surface area (Å²) in [5, 5.41) is 8.78. The highest BCUT2D eigenvalue weighted by atomic mass is 79.9. The smallest absolute Gasteiger partial charge is 0.250 e. The van der Waals surface area contributed by atoms with Gasteiger partial charge in [-0.3, -0.25) is 14.2 Å². The van der Waals surface area contributed by atoms with Crippen molar-refractivity contribution in [2.24, 2.45) is 0 Å². The maximum atomic E-state index is 12.9. The lowest BCUT2D eigenvalue weighted by molar-refractivity contribution is -0.139. The maximum absolute atomic E-state index is 12.9. The lowest BCUT2D eigenvalue weighted by Gasteiger charge is -2.29. The summed E-state index contributed by atoms with van der Waals surface area (Å²) >= 11 is 3.38. The molecule has 2 heterocycles. The third-order valence-corrected chi connectivity index (χ3v) is 4.63. The summed E-state index contributed by atoms with van der Waals surface area (Å²) in [7, 11) is 1.82. The van der Waals surface area contributed by atoms with E-state index in [2.05, 4.69) is 33.1 Å². The van der Waals surface area contributed by atoms with E-state index in [0.717, 1.165) is 28.0 Å². The first-order chi connectivity index (χ1) is 10.7. The van der Waals surface area contributed by atoms with Crippen LogP contribution in [-0.4, -0.2) is 37.4 Å². The lowest BCUT2D eigenvalue weighted by Crippen LogP contribution is -2.45. The van der Waals surface area contributed by atoms with Crippen LogP contribution < -0.4 is 0 Å². The topological polar surface area (TPSA) is 56.0 Å². The highest BCUT2D eigenvalue weighted by Gasteiger charge is 2.33. The van der Waals surface area contributed by atoms with E-state index in [0.29, 0.717) is 6.54 Å². The van der Waals surface area contributed by atoms with Gasteiger partial charge in [0.05, 0.1) is 16.4 Å². The largest absolute Gasteiger partial charge is 0.339 e. The molecule has 0 atom stereocenters. The van der Waals surface area contributed by atoms with Crippen LogP contribution >= 0.6 is 15.9 Å². The Balaban J connectivity index is 2.22. The fraction of sp³-hybridized carbons (Fsp3) is 0.562. The first-order valence-electron chi connectivity index (χ1n) is 7.67. The Hall–Kier alpha value is -1.63. The zero-order valence-corrected chi connectivity index (χ0v) is 16.2. The van der Waals surface area contributed by atoms with Crippen LogP contribution in [0.4, 0.5) is 0 Å². The van der Waals surface area contributed by atoms with Crippen LogP contribution in [0.1, 0.15) is 37.7 Å². The zero-order valence-electron chi connectivity index (χ0n) is 14.6. The Labute approximate surface area is 145 Å². The van der Waals surface area contributed by atoms with Crippen molar-refractivity contribution < 1.29 is 4.79 Å². The summed E-state index contributed by atoms with van der Waals surface area (Å²) in [6, 6.07) is 0. The van der Waals surface area contributed by atoms with Crippen molar-refractivity contribution >= 4 is 21.8 Å². The van der Waals surface area contributed by atoms with Crippen LogP contribution in [0.25, 0.3) is 0 Å². The van der Waals surface area contributed by atoms with Gasteiger partial charge in [0.2, 0.25) is 5.91 Å². The number of halogens is 1. The Bertz CT molecular complexity index is 716. The van der Waals surface area contributed by atoms with Gasteiger partial charge in [-0.2, -0.15) is 10.2 Å². The summed E-state index contributed by atoms with van der Waals surface area (Å²) < 4.78 is 4.51. The third-order valence-electron chi connectivity index (χ3n) is 4.22. The summed E-state index contributed by atoms with van der Waals surface area (Å²) in [5.74, 6) is 0.0103. The number of hydrogen-bond acceptors (Lipinski definition) is 3. The lowest BCUT2D eigenvalue weighted by atomic mass is 10.0. The van der Waals surface area contributed by atoms with Gasteiger partial charge in [-0.05, 0) is 50.5 Å². The second-order valence-electron chi connectivity index (χ2n) is 6.29. The molecule has 0 spiro atoms. The Morgan fingerprint density at radius 1 is 1.39 bits per heavy atom. The number of nitrogens with zero attached hydrogens (tertiary/aromatic N) is 5. The van der Waals surface area contributed by atoms with Crippen molar-refractivity contribution in [3.05, 3.63) is 33.8 Å². The molecular weight excluding hydrogens is 358 g/mol. The molecule has 0 N–H and O–H groups in total.